The third-order valence-corrected chi connectivity index (χ3v) is 3.17. The van der Waals surface area contributed by atoms with E-state index in [0.717, 1.165) is 5.57 Å². The highest BCUT2D eigenvalue weighted by Gasteiger charge is 2.29. The Hall–Kier alpha value is -3.08. The summed E-state index contributed by atoms with van der Waals surface area (Å²) in [5, 5.41) is 11.8. The van der Waals surface area contributed by atoms with Gasteiger partial charge in [-0.05, 0) is 43.7 Å². The first-order chi connectivity index (χ1) is 11.8. The van der Waals surface area contributed by atoms with Crippen molar-refractivity contribution in [2.45, 2.75) is 25.9 Å². The molecule has 0 aliphatic carbocycles. The maximum absolute atomic E-state index is 12.1. The first-order valence-corrected chi connectivity index (χ1v) is 7.71. The molecule has 0 atom stereocenters. The number of anilines is 1. The average Bonchev–Trinajstić information content (AvgIpc) is 2.54. The number of ether oxygens (including phenoxy) is 1. The van der Waals surface area contributed by atoms with Crippen molar-refractivity contribution in [3.8, 4) is 5.75 Å². The number of carbonyl (C=O) groups is 2. The molecule has 0 aromatic heterocycles. The third-order valence-electron chi connectivity index (χ3n) is 3.17. The van der Waals surface area contributed by atoms with Crippen LogP contribution in [0.1, 0.15) is 20.3 Å². The second kappa shape index (κ2) is 9.27. The molecule has 25 heavy (non-hydrogen) atoms. The van der Waals surface area contributed by atoms with Gasteiger partial charge < -0.3 is 15.2 Å². The standard InChI is InChI=1S/C20H23NO4/c1-5-7-9-15(8-6-2)14-18(22)21-16-10-12-17(13-11-16)25-20(3,4)19(23)24/h5-13H,1-2,14H2,3-4H3,(H,21,22)(H,23,24)/b9-7-,15-8+. The molecule has 0 aliphatic heterocycles. The monoisotopic (exact) mass is 341 g/mol. The van der Waals surface area contributed by atoms with Crippen LogP contribution in [0.15, 0.2) is 73.4 Å². The molecule has 0 saturated heterocycles. The van der Waals surface area contributed by atoms with Crippen LogP contribution < -0.4 is 10.1 Å². The minimum atomic E-state index is -1.33. The van der Waals surface area contributed by atoms with Gasteiger partial charge in [-0.1, -0.05) is 43.5 Å². The van der Waals surface area contributed by atoms with Crippen molar-refractivity contribution in [1.29, 1.82) is 0 Å². The first kappa shape index (κ1) is 20.0. The summed E-state index contributed by atoms with van der Waals surface area (Å²) in [6.45, 7) is 10.2. The normalized spacial score (nSPS) is 11.8. The second-order valence-electron chi connectivity index (χ2n) is 5.74. The average molecular weight is 341 g/mol. The Bertz CT molecular complexity index is 697. The van der Waals surface area contributed by atoms with Crippen LogP contribution in [0.3, 0.4) is 0 Å². The van der Waals surface area contributed by atoms with E-state index < -0.39 is 11.6 Å². The van der Waals surface area contributed by atoms with Gasteiger partial charge in [-0.3, -0.25) is 4.79 Å². The summed E-state index contributed by atoms with van der Waals surface area (Å²) in [7, 11) is 0. The molecule has 0 bridgehead atoms. The van der Waals surface area contributed by atoms with Gasteiger partial charge in [-0.25, -0.2) is 4.79 Å². The quantitative estimate of drug-likeness (QED) is 0.663. The van der Waals surface area contributed by atoms with Gasteiger partial charge in [0.25, 0.3) is 0 Å². The fourth-order valence-electron chi connectivity index (χ4n) is 1.85. The van der Waals surface area contributed by atoms with E-state index >= 15 is 0 Å². The summed E-state index contributed by atoms with van der Waals surface area (Å²) >= 11 is 0. The lowest BCUT2D eigenvalue weighted by molar-refractivity contribution is -0.152. The number of rotatable bonds is 9. The number of amides is 1. The van der Waals surface area contributed by atoms with Crippen LogP contribution in [0.25, 0.3) is 0 Å². The zero-order valence-corrected chi connectivity index (χ0v) is 14.5. The zero-order chi connectivity index (χ0) is 18.9. The molecule has 1 rings (SSSR count). The van der Waals surface area contributed by atoms with E-state index in [2.05, 4.69) is 18.5 Å². The molecule has 0 radical (unpaired) electrons. The molecule has 0 heterocycles. The molecule has 0 fully saturated rings. The lowest BCUT2D eigenvalue weighted by Gasteiger charge is -2.21. The van der Waals surface area contributed by atoms with Crippen LogP contribution in [0.5, 0.6) is 5.75 Å². The number of aliphatic carboxylic acids is 1. The Labute approximate surface area is 148 Å². The highest BCUT2D eigenvalue weighted by molar-refractivity contribution is 5.92. The third kappa shape index (κ3) is 6.91. The zero-order valence-electron chi connectivity index (χ0n) is 14.5. The molecule has 1 aromatic rings. The Balaban J connectivity index is 2.71. The fourth-order valence-corrected chi connectivity index (χ4v) is 1.85. The topological polar surface area (TPSA) is 75.6 Å². The molecular weight excluding hydrogens is 318 g/mol. The number of benzene rings is 1. The fraction of sp³-hybridized carbons (Fsp3) is 0.200. The molecule has 0 spiro atoms. The lowest BCUT2D eigenvalue weighted by Crippen LogP contribution is -2.37. The maximum atomic E-state index is 12.1. The number of carbonyl (C=O) groups excluding carboxylic acids is 1. The molecule has 0 unspecified atom stereocenters. The van der Waals surface area contributed by atoms with Gasteiger partial charge in [0.1, 0.15) is 5.75 Å². The van der Waals surface area contributed by atoms with Crippen LogP contribution in [-0.2, 0) is 9.59 Å². The summed E-state index contributed by atoms with van der Waals surface area (Å²) in [4.78, 5) is 23.2. The first-order valence-electron chi connectivity index (χ1n) is 7.71. The van der Waals surface area contributed by atoms with Gasteiger partial charge in [-0.2, -0.15) is 0 Å². The number of hydrogen-bond acceptors (Lipinski definition) is 3. The SMILES string of the molecule is C=C/C=C\C(=C/C=C)CC(=O)Nc1ccc(OC(C)(C)C(=O)O)cc1. The molecule has 0 aliphatic rings. The van der Waals surface area contributed by atoms with Crippen molar-refractivity contribution < 1.29 is 19.4 Å². The minimum Gasteiger partial charge on any atom is -0.478 e. The van der Waals surface area contributed by atoms with Crippen LogP contribution in [-0.4, -0.2) is 22.6 Å². The number of carboxylic acids is 1. The van der Waals surface area contributed by atoms with Crippen molar-refractivity contribution in [1.82, 2.24) is 0 Å². The Morgan fingerprint density at radius 2 is 1.84 bits per heavy atom. The smallest absolute Gasteiger partial charge is 0.347 e. The predicted octanol–water partition coefficient (Wildman–Crippen LogP) is 4.11. The van der Waals surface area contributed by atoms with E-state index in [1.165, 1.54) is 13.8 Å². The van der Waals surface area contributed by atoms with Crippen LogP contribution in [0.4, 0.5) is 5.69 Å². The summed E-state index contributed by atoms with van der Waals surface area (Å²) in [5.74, 6) is -0.827. The van der Waals surface area contributed by atoms with Crippen LogP contribution in [0, 0.1) is 0 Å². The van der Waals surface area contributed by atoms with Gasteiger partial charge in [0, 0.05) is 5.69 Å². The maximum Gasteiger partial charge on any atom is 0.347 e. The molecule has 1 amide bonds. The molecular formula is C20H23NO4. The molecule has 132 valence electrons. The Morgan fingerprint density at radius 3 is 2.36 bits per heavy atom. The summed E-state index contributed by atoms with van der Waals surface area (Å²) in [6.07, 6.45) is 8.74. The van der Waals surface area contributed by atoms with E-state index in [1.807, 2.05) is 0 Å². The number of carboxylic acid groups (broad SMARTS) is 1. The van der Waals surface area contributed by atoms with Gasteiger partial charge in [0.2, 0.25) is 5.91 Å². The van der Waals surface area contributed by atoms with Gasteiger partial charge in [0.15, 0.2) is 5.60 Å². The molecule has 1 aromatic carbocycles. The molecule has 0 saturated carbocycles. The van der Waals surface area contributed by atoms with Gasteiger partial charge in [0.05, 0.1) is 6.42 Å². The number of allylic oxidation sites excluding steroid dienone is 5. The Morgan fingerprint density at radius 1 is 1.20 bits per heavy atom. The molecule has 2 N–H and O–H groups in total. The van der Waals surface area contributed by atoms with Crippen molar-refractivity contribution >= 4 is 17.6 Å². The minimum absolute atomic E-state index is 0.179. The summed E-state index contributed by atoms with van der Waals surface area (Å²) in [6, 6.07) is 6.53. The van der Waals surface area contributed by atoms with E-state index in [-0.39, 0.29) is 12.3 Å². The van der Waals surface area contributed by atoms with E-state index in [4.69, 9.17) is 9.84 Å². The van der Waals surface area contributed by atoms with Gasteiger partial charge in [-0.15, -0.1) is 0 Å². The lowest BCUT2D eigenvalue weighted by atomic mass is 10.1. The highest BCUT2D eigenvalue weighted by Crippen LogP contribution is 2.21. The molecule has 5 heteroatoms. The summed E-state index contributed by atoms with van der Waals surface area (Å²) < 4.78 is 5.41. The van der Waals surface area contributed by atoms with Crippen molar-refractivity contribution in [2.24, 2.45) is 0 Å². The van der Waals surface area contributed by atoms with E-state index in [9.17, 15) is 9.59 Å². The second-order valence-corrected chi connectivity index (χ2v) is 5.74. The van der Waals surface area contributed by atoms with Crippen LogP contribution >= 0.6 is 0 Å². The van der Waals surface area contributed by atoms with E-state index in [1.54, 1.807) is 54.6 Å². The largest absolute Gasteiger partial charge is 0.478 e. The van der Waals surface area contributed by atoms with Crippen molar-refractivity contribution in [3.63, 3.8) is 0 Å². The van der Waals surface area contributed by atoms with E-state index in [0.29, 0.717) is 11.4 Å². The number of hydrogen-bond donors (Lipinski definition) is 2. The van der Waals surface area contributed by atoms with Crippen LogP contribution in [0.2, 0.25) is 0 Å². The Kier molecular flexibility index (Phi) is 7.41. The van der Waals surface area contributed by atoms with Gasteiger partial charge >= 0.3 is 5.97 Å². The predicted molar refractivity (Wildman–Crippen MR) is 99.6 cm³/mol. The van der Waals surface area contributed by atoms with Crippen molar-refractivity contribution in [3.05, 3.63) is 73.4 Å². The molecule has 5 nitrogen and oxygen atoms in total. The summed E-state index contributed by atoms with van der Waals surface area (Å²) in [5.41, 5.74) is 0.0683. The van der Waals surface area contributed by atoms with Crippen molar-refractivity contribution in [2.75, 3.05) is 5.32 Å². The highest BCUT2D eigenvalue weighted by atomic mass is 16.5. The number of nitrogens with one attached hydrogen (secondary N) is 1.